The Morgan fingerprint density at radius 2 is 1.78 bits per heavy atom. The average molecular weight is 560 g/mol. The van der Waals surface area contributed by atoms with Gasteiger partial charge in [0.05, 0.1) is 12.6 Å². The monoisotopic (exact) mass is 559 g/mol. The van der Waals surface area contributed by atoms with Gasteiger partial charge in [0.1, 0.15) is 17.6 Å². The third-order valence-electron chi connectivity index (χ3n) is 6.63. The van der Waals surface area contributed by atoms with Gasteiger partial charge in [-0.2, -0.15) is 4.98 Å². The number of nitrogens with zero attached hydrogens (tertiary/aromatic N) is 6. The summed E-state index contributed by atoms with van der Waals surface area (Å²) < 4.78 is 27.4. The number of hydrogen-bond donors (Lipinski definition) is 2. The summed E-state index contributed by atoms with van der Waals surface area (Å²) in [5.41, 5.74) is 0.254. The second-order valence-electron chi connectivity index (χ2n) is 9.21. The maximum Gasteiger partial charge on any atom is 0.263 e. The van der Waals surface area contributed by atoms with Gasteiger partial charge >= 0.3 is 0 Å². The van der Waals surface area contributed by atoms with Crippen LogP contribution in [0.4, 0.5) is 10.3 Å². The second-order valence-corrected chi connectivity index (χ2v) is 9.21. The van der Waals surface area contributed by atoms with Gasteiger partial charge in [-0.25, -0.2) is 14.4 Å². The molecule has 2 aromatic carbocycles. The zero-order chi connectivity index (χ0) is 29.1. The minimum Gasteiger partial charge on any atom is -0.480 e. The van der Waals surface area contributed by atoms with Gasteiger partial charge in [0.2, 0.25) is 18.2 Å². The second kappa shape index (κ2) is 11.3. The summed E-state index contributed by atoms with van der Waals surface area (Å²) in [5.74, 6) is 0.304. The molecule has 2 atom stereocenters. The van der Waals surface area contributed by atoms with Crippen LogP contribution in [0.25, 0.3) is 11.2 Å². The molecule has 3 heterocycles. The molecule has 12 heteroatoms. The third kappa shape index (κ3) is 5.21. The maximum atomic E-state index is 13.4. The number of aryl methyl sites for hydroxylation is 2. The summed E-state index contributed by atoms with van der Waals surface area (Å²) in [4.78, 5) is 26.6. The number of pyridine rings is 1. The highest BCUT2D eigenvalue weighted by molar-refractivity contribution is 6.06. The number of alkyl halides is 1. The van der Waals surface area contributed by atoms with Crippen molar-refractivity contribution < 1.29 is 23.8 Å². The minimum atomic E-state index is -1.73. The summed E-state index contributed by atoms with van der Waals surface area (Å²) in [6.07, 6.45) is 0.0391. The van der Waals surface area contributed by atoms with Crippen molar-refractivity contribution >= 4 is 23.0 Å². The van der Waals surface area contributed by atoms with E-state index in [0.717, 1.165) is 0 Å². The van der Waals surface area contributed by atoms with Crippen molar-refractivity contribution in [2.45, 2.75) is 45.8 Å². The fourth-order valence-corrected chi connectivity index (χ4v) is 4.69. The number of anilines is 1. The molecule has 0 saturated heterocycles. The van der Waals surface area contributed by atoms with Crippen LogP contribution in [0.1, 0.15) is 48.1 Å². The number of ether oxygens (including phenoxy) is 2. The summed E-state index contributed by atoms with van der Waals surface area (Å²) >= 11 is 0. The van der Waals surface area contributed by atoms with Crippen LogP contribution in [0, 0.1) is 0 Å². The van der Waals surface area contributed by atoms with Crippen molar-refractivity contribution in [1.29, 1.82) is 0 Å². The highest BCUT2D eigenvalue weighted by Gasteiger charge is 2.39. The highest BCUT2D eigenvalue weighted by Crippen LogP contribution is 2.39. The molecular formula is C29H30FN7O4. The van der Waals surface area contributed by atoms with Gasteiger partial charge in [0, 0.05) is 20.0 Å². The molecule has 0 saturated carbocycles. The number of amides is 1. The topological polar surface area (TPSA) is 129 Å². The zero-order valence-corrected chi connectivity index (χ0v) is 23.1. The van der Waals surface area contributed by atoms with Crippen LogP contribution in [0.2, 0.25) is 0 Å². The molecule has 2 unspecified atom stereocenters. The van der Waals surface area contributed by atoms with E-state index in [0.29, 0.717) is 35.5 Å². The van der Waals surface area contributed by atoms with E-state index in [-0.39, 0.29) is 28.9 Å². The van der Waals surface area contributed by atoms with Crippen molar-refractivity contribution in [1.82, 2.24) is 29.3 Å². The van der Waals surface area contributed by atoms with E-state index in [9.17, 15) is 14.3 Å². The van der Waals surface area contributed by atoms with Crippen molar-refractivity contribution in [3.8, 4) is 11.6 Å². The Hall–Kier alpha value is -4.84. The predicted octanol–water partition coefficient (Wildman–Crippen LogP) is 4.30. The Morgan fingerprint density at radius 3 is 2.39 bits per heavy atom. The van der Waals surface area contributed by atoms with Crippen LogP contribution in [0.15, 0.2) is 67.0 Å². The van der Waals surface area contributed by atoms with Gasteiger partial charge in [0.25, 0.3) is 5.91 Å². The van der Waals surface area contributed by atoms with Gasteiger partial charge in [-0.15, -0.1) is 5.10 Å². The smallest absolute Gasteiger partial charge is 0.263 e. The van der Waals surface area contributed by atoms with Crippen molar-refractivity contribution in [3.63, 3.8) is 0 Å². The molecule has 212 valence electrons. The minimum absolute atomic E-state index is 0.0577. The SMILES string of the molecule is CCn1cnc(NC(=O)c2cc3c(nc2OC)nc(C(O)(c2ccccc2)c2ccc(OC(C)F)cc2)n3CC)n1. The van der Waals surface area contributed by atoms with Gasteiger partial charge in [-0.1, -0.05) is 42.5 Å². The molecule has 1 amide bonds. The van der Waals surface area contributed by atoms with E-state index >= 15 is 0 Å². The molecule has 5 rings (SSSR count). The zero-order valence-electron chi connectivity index (χ0n) is 23.1. The van der Waals surface area contributed by atoms with Crippen LogP contribution >= 0.6 is 0 Å². The Morgan fingerprint density at radius 1 is 1.07 bits per heavy atom. The van der Waals surface area contributed by atoms with Crippen molar-refractivity contribution in [2.75, 3.05) is 12.4 Å². The summed E-state index contributed by atoms with van der Waals surface area (Å²) in [6, 6.07) is 17.2. The fraction of sp³-hybridized carbons (Fsp3) is 0.276. The number of carbonyl (C=O) groups excluding carboxylic acids is 1. The number of aliphatic hydroxyl groups is 1. The number of benzene rings is 2. The lowest BCUT2D eigenvalue weighted by atomic mass is 9.85. The lowest BCUT2D eigenvalue weighted by molar-refractivity contribution is 0.0856. The number of carbonyl (C=O) groups is 1. The molecule has 3 aromatic heterocycles. The normalized spacial score (nSPS) is 13.5. The molecule has 0 aliphatic carbocycles. The standard InChI is InChI=1S/C29H30FN7O4/c1-5-36-17-31-28(35-36)34-25(38)22-16-23-24(32-26(22)40-4)33-27(37(23)6-2)29(39,19-10-8-7-9-11-19)20-12-14-21(15-13-20)41-18(3)30/h7-18,39H,5-6H2,1-4H3,(H,34,35,38). The molecule has 5 aromatic rings. The Kier molecular flexibility index (Phi) is 7.66. The number of hydrogen-bond acceptors (Lipinski definition) is 8. The molecule has 41 heavy (non-hydrogen) atoms. The summed E-state index contributed by atoms with van der Waals surface area (Å²) in [6.45, 7) is 6.11. The number of aromatic nitrogens is 6. The van der Waals surface area contributed by atoms with Crippen LogP contribution in [-0.4, -0.2) is 53.8 Å². The number of nitrogens with one attached hydrogen (secondary N) is 1. The van der Waals surface area contributed by atoms with Crippen LogP contribution in [-0.2, 0) is 18.7 Å². The first-order valence-corrected chi connectivity index (χ1v) is 13.1. The number of halogens is 1. The fourth-order valence-electron chi connectivity index (χ4n) is 4.69. The summed E-state index contributed by atoms with van der Waals surface area (Å²) in [7, 11) is 1.41. The largest absolute Gasteiger partial charge is 0.480 e. The third-order valence-corrected chi connectivity index (χ3v) is 6.63. The van der Waals surface area contributed by atoms with Gasteiger partial charge < -0.3 is 19.1 Å². The number of rotatable bonds is 10. The average Bonchev–Trinajstić information content (AvgIpc) is 3.60. The van der Waals surface area contributed by atoms with E-state index < -0.39 is 17.9 Å². The number of fused-ring (bicyclic) bond motifs is 1. The van der Waals surface area contributed by atoms with Gasteiger partial charge in [-0.05, 0) is 43.2 Å². The van der Waals surface area contributed by atoms with Gasteiger partial charge in [-0.3, -0.25) is 14.8 Å². The molecule has 0 bridgehead atoms. The number of imidazole rings is 1. The van der Waals surface area contributed by atoms with E-state index in [1.807, 2.05) is 32.0 Å². The van der Waals surface area contributed by atoms with E-state index in [2.05, 4.69) is 20.4 Å². The first-order chi connectivity index (χ1) is 19.8. The van der Waals surface area contributed by atoms with Crippen molar-refractivity contribution in [2.24, 2.45) is 0 Å². The lowest BCUT2D eigenvalue weighted by Crippen LogP contribution is -2.32. The Labute approximate surface area is 235 Å². The lowest BCUT2D eigenvalue weighted by Gasteiger charge is -2.29. The molecule has 0 aliphatic heterocycles. The molecular weight excluding hydrogens is 529 g/mol. The first kappa shape index (κ1) is 27.7. The highest BCUT2D eigenvalue weighted by atomic mass is 19.1. The molecule has 0 aliphatic rings. The van der Waals surface area contributed by atoms with Crippen LogP contribution in [0.3, 0.4) is 0 Å². The first-order valence-electron chi connectivity index (χ1n) is 13.1. The van der Waals surface area contributed by atoms with E-state index in [1.165, 1.54) is 20.4 Å². The van der Waals surface area contributed by atoms with Crippen LogP contribution in [0.5, 0.6) is 11.6 Å². The molecule has 0 radical (unpaired) electrons. The summed E-state index contributed by atoms with van der Waals surface area (Å²) in [5, 5.41) is 19.4. The predicted molar refractivity (Wildman–Crippen MR) is 150 cm³/mol. The molecule has 0 fully saturated rings. The molecule has 2 N–H and O–H groups in total. The van der Waals surface area contributed by atoms with E-state index in [4.69, 9.17) is 14.5 Å². The Bertz CT molecular complexity index is 1670. The molecule has 0 spiro atoms. The Balaban J connectivity index is 1.65. The number of methoxy groups -OCH3 is 1. The van der Waals surface area contributed by atoms with Crippen molar-refractivity contribution in [3.05, 3.63) is 89.5 Å². The van der Waals surface area contributed by atoms with E-state index in [1.54, 1.807) is 51.7 Å². The maximum absolute atomic E-state index is 13.4. The van der Waals surface area contributed by atoms with Crippen LogP contribution < -0.4 is 14.8 Å². The van der Waals surface area contributed by atoms with Gasteiger partial charge in [0.15, 0.2) is 17.1 Å². The quantitative estimate of drug-likeness (QED) is 0.259. The molecule has 11 nitrogen and oxygen atoms in total.